The number of aliphatic hydroxyl groups excluding tert-OH is 2. The third kappa shape index (κ3) is 7.27. The van der Waals surface area contributed by atoms with Gasteiger partial charge in [0, 0.05) is 19.5 Å². The lowest BCUT2D eigenvalue weighted by atomic mass is 9.87. The Morgan fingerprint density at radius 1 is 1.08 bits per heavy atom. The molecule has 2 aromatic carbocycles. The van der Waals surface area contributed by atoms with Crippen molar-refractivity contribution in [2.45, 2.75) is 43.7 Å². The fourth-order valence-corrected chi connectivity index (χ4v) is 4.96. The van der Waals surface area contributed by atoms with Crippen molar-refractivity contribution in [1.29, 1.82) is 0 Å². The number of amides is 3. The first-order valence-electron chi connectivity index (χ1n) is 12.9. The largest absolute Gasteiger partial charge is 0.496 e. The van der Waals surface area contributed by atoms with Crippen molar-refractivity contribution >= 4 is 30.1 Å². The standard InChI is InChI=1S/C28H35N3O7.ClH/c1-37-25-11-10-22(38-21-7-3-2-4-8-21)17-23(25)24(34)9-5-6-14-30-15-12-28(13-16-30)26(35)31(27(36)29-28)18-20(33)19-32;/h2-4,7-8,10-11,17,20,32-33H,5-6,9,12-16,18-19H2,1H3,(H,29,36);1H/t20-;/m0./s1. The summed E-state index contributed by atoms with van der Waals surface area (Å²) in [7, 11) is 1.54. The Labute approximate surface area is 234 Å². The molecule has 0 radical (unpaired) electrons. The molecule has 3 N–H and O–H groups in total. The number of aliphatic hydroxyl groups is 2. The maximum absolute atomic E-state index is 13.0. The second-order valence-electron chi connectivity index (χ2n) is 9.76. The second-order valence-corrected chi connectivity index (χ2v) is 9.76. The van der Waals surface area contributed by atoms with Gasteiger partial charge in [-0.25, -0.2) is 4.79 Å². The zero-order chi connectivity index (χ0) is 27.1. The van der Waals surface area contributed by atoms with Gasteiger partial charge < -0.3 is 29.9 Å². The third-order valence-electron chi connectivity index (χ3n) is 7.14. The zero-order valence-electron chi connectivity index (χ0n) is 22.0. The molecule has 4 rings (SSSR count). The molecule has 0 aromatic heterocycles. The number of halogens is 1. The van der Waals surface area contributed by atoms with Gasteiger partial charge in [-0.2, -0.15) is 0 Å². The minimum absolute atomic E-state index is 0. The molecule has 2 aromatic rings. The number of hydrogen-bond donors (Lipinski definition) is 3. The van der Waals surface area contributed by atoms with Crippen LogP contribution in [0.3, 0.4) is 0 Å². The number of methoxy groups -OCH3 is 1. The Hall–Kier alpha value is -3.18. The number of carbonyl (C=O) groups excluding carboxylic acids is 3. The topological polar surface area (TPSA) is 129 Å². The Kier molecular flexibility index (Phi) is 10.7. The molecule has 11 heteroatoms. The highest BCUT2D eigenvalue weighted by Gasteiger charge is 2.52. The fraction of sp³-hybridized carbons (Fsp3) is 0.464. The number of nitrogens with zero attached hydrogens (tertiary/aromatic N) is 2. The summed E-state index contributed by atoms with van der Waals surface area (Å²) in [5, 5.41) is 21.5. The van der Waals surface area contributed by atoms with Crippen LogP contribution in [-0.4, -0.2) is 89.3 Å². The lowest BCUT2D eigenvalue weighted by Gasteiger charge is -2.37. The molecule has 2 fully saturated rings. The summed E-state index contributed by atoms with van der Waals surface area (Å²) < 4.78 is 11.3. The van der Waals surface area contributed by atoms with Gasteiger partial charge in [-0.15, -0.1) is 12.4 Å². The Balaban J connectivity index is 0.00000420. The van der Waals surface area contributed by atoms with Crippen molar-refractivity contribution in [1.82, 2.24) is 15.1 Å². The van der Waals surface area contributed by atoms with Crippen LogP contribution in [0.2, 0.25) is 0 Å². The maximum Gasteiger partial charge on any atom is 0.325 e. The highest BCUT2D eigenvalue weighted by atomic mass is 35.5. The second kappa shape index (κ2) is 13.7. The van der Waals surface area contributed by atoms with Crippen LogP contribution in [0.25, 0.3) is 0 Å². The molecule has 39 heavy (non-hydrogen) atoms. The Morgan fingerprint density at radius 2 is 1.79 bits per heavy atom. The maximum atomic E-state index is 13.0. The van der Waals surface area contributed by atoms with Gasteiger partial charge in [0.2, 0.25) is 0 Å². The molecule has 2 aliphatic rings. The number of ketones is 1. The first-order valence-corrected chi connectivity index (χ1v) is 12.9. The van der Waals surface area contributed by atoms with E-state index in [0.717, 1.165) is 17.9 Å². The Morgan fingerprint density at radius 3 is 2.46 bits per heavy atom. The summed E-state index contributed by atoms with van der Waals surface area (Å²) in [5.74, 6) is 1.42. The van der Waals surface area contributed by atoms with E-state index < -0.39 is 24.3 Å². The number of rotatable bonds is 12. The number of carbonyl (C=O) groups is 3. The number of unbranched alkanes of at least 4 members (excludes halogenated alkanes) is 1. The summed E-state index contributed by atoms with van der Waals surface area (Å²) in [6, 6.07) is 14.1. The Bertz CT molecular complexity index is 1140. The quantitative estimate of drug-likeness (QED) is 0.205. The highest BCUT2D eigenvalue weighted by Crippen LogP contribution is 2.31. The normalized spacial score (nSPS) is 17.5. The molecule has 0 unspecified atom stereocenters. The van der Waals surface area contributed by atoms with E-state index >= 15 is 0 Å². The number of β-amino-alcohol motifs (C(OH)–C–C–N with tert-alkyl or cyclic N) is 1. The van der Waals surface area contributed by atoms with Crippen molar-refractivity contribution in [3.8, 4) is 17.2 Å². The number of hydrogen-bond acceptors (Lipinski definition) is 8. The van der Waals surface area contributed by atoms with Crippen LogP contribution in [0.5, 0.6) is 17.2 Å². The number of nitrogens with one attached hydrogen (secondary N) is 1. The van der Waals surface area contributed by atoms with E-state index in [4.69, 9.17) is 14.6 Å². The van der Waals surface area contributed by atoms with Crippen LogP contribution in [0.15, 0.2) is 48.5 Å². The zero-order valence-corrected chi connectivity index (χ0v) is 22.8. The average molecular weight is 562 g/mol. The van der Waals surface area contributed by atoms with E-state index in [9.17, 15) is 19.5 Å². The van der Waals surface area contributed by atoms with Crippen LogP contribution in [0, 0.1) is 0 Å². The van der Waals surface area contributed by atoms with Gasteiger partial charge in [0.05, 0.1) is 31.9 Å². The summed E-state index contributed by atoms with van der Waals surface area (Å²) in [6.07, 6.45) is 1.70. The van der Waals surface area contributed by atoms with E-state index in [2.05, 4.69) is 10.2 Å². The van der Waals surface area contributed by atoms with E-state index in [1.54, 1.807) is 25.3 Å². The van der Waals surface area contributed by atoms with Crippen molar-refractivity contribution in [2.75, 3.05) is 39.9 Å². The van der Waals surface area contributed by atoms with E-state index in [1.165, 1.54) is 0 Å². The van der Waals surface area contributed by atoms with E-state index in [0.29, 0.717) is 61.6 Å². The highest BCUT2D eigenvalue weighted by molar-refractivity contribution is 6.07. The van der Waals surface area contributed by atoms with Crippen LogP contribution in [0.4, 0.5) is 4.79 Å². The molecule has 212 valence electrons. The predicted molar refractivity (Wildman–Crippen MR) is 147 cm³/mol. The number of imide groups is 1. The number of piperidine rings is 1. The van der Waals surface area contributed by atoms with Gasteiger partial charge in [-0.1, -0.05) is 18.2 Å². The number of urea groups is 1. The number of para-hydroxylation sites is 1. The van der Waals surface area contributed by atoms with Crippen LogP contribution < -0.4 is 14.8 Å². The minimum Gasteiger partial charge on any atom is -0.496 e. The van der Waals surface area contributed by atoms with Crippen molar-refractivity contribution in [3.05, 3.63) is 54.1 Å². The molecule has 1 atom stereocenters. The average Bonchev–Trinajstić information content (AvgIpc) is 3.16. The van der Waals surface area contributed by atoms with Crippen LogP contribution in [-0.2, 0) is 4.79 Å². The van der Waals surface area contributed by atoms with Gasteiger partial charge >= 0.3 is 6.03 Å². The number of Topliss-reactive ketones (excluding diaryl/α,β-unsaturated/α-hetero) is 1. The smallest absolute Gasteiger partial charge is 0.325 e. The lowest BCUT2D eigenvalue weighted by Crippen LogP contribution is -2.55. The van der Waals surface area contributed by atoms with E-state index in [1.807, 2.05) is 30.3 Å². The summed E-state index contributed by atoms with van der Waals surface area (Å²) in [6.45, 7) is 1.34. The van der Waals surface area contributed by atoms with Gasteiger partial charge in [0.15, 0.2) is 5.78 Å². The molecule has 1 spiro atoms. The summed E-state index contributed by atoms with van der Waals surface area (Å²) in [5.41, 5.74) is -0.450. The first-order chi connectivity index (χ1) is 18.3. The molecule has 0 bridgehead atoms. The number of benzene rings is 2. The predicted octanol–water partition coefficient (Wildman–Crippen LogP) is 3.00. The molecule has 3 amide bonds. The third-order valence-corrected chi connectivity index (χ3v) is 7.14. The molecular weight excluding hydrogens is 526 g/mol. The lowest BCUT2D eigenvalue weighted by molar-refractivity contribution is -0.134. The first kappa shape index (κ1) is 30.4. The molecule has 10 nitrogen and oxygen atoms in total. The van der Waals surface area contributed by atoms with Gasteiger partial charge in [0.25, 0.3) is 5.91 Å². The van der Waals surface area contributed by atoms with Crippen molar-refractivity contribution in [2.24, 2.45) is 0 Å². The van der Waals surface area contributed by atoms with Gasteiger partial charge in [0.1, 0.15) is 22.8 Å². The van der Waals surface area contributed by atoms with Crippen molar-refractivity contribution in [3.63, 3.8) is 0 Å². The summed E-state index contributed by atoms with van der Waals surface area (Å²) >= 11 is 0. The molecule has 0 saturated carbocycles. The molecule has 2 heterocycles. The van der Waals surface area contributed by atoms with E-state index in [-0.39, 0.29) is 30.6 Å². The molecule has 0 aliphatic carbocycles. The van der Waals surface area contributed by atoms with Crippen LogP contribution in [0.1, 0.15) is 42.5 Å². The van der Waals surface area contributed by atoms with Gasteiger partial charge in [-0.3, -0.25) is 14.5 Å². The SMILES string of the molecule is COc1ccc(Oc2ccccc2)cc1C(=O)CCCCN1CCC2(CC1)NC(=O)N(C[C@H](O)CO)C2=O.Cl. The van der Waals surface area contributed by atoms with Gasteiger partial charge in [-0.05, 0) is 62.6 Å². The summed E-state index contributed by atoms with van der Waals surface area (Å²) in [4.78, 5) is 41.4. The molecular formula is C28H36ClN3O7. The minimum atomic E-state index is -1.15. The number of likely N-dealkylation sites (tertiary alicyclic amines) is 1. The fourth-order valence-electron chi connectivity index (χ4n) is 4.96. The monoisotopic (exact) mass is 561 g/mol. The molecule has 2 saturated heterocycles. The molecule has 2 aliphatic heterocycles. The van der Waals surface area contributed by atoms with Crippen molar-refractivity contribution < 1.29 is 34.1 Å². The number of ether oxygens (including phenoxy) is 2. The van der Waals surface area contributed by atoms with Crippen LogP contribution >= 0.6 is 12.4 Å².